The Labute approximate surface area is 222 Å². The number of anilines is 1. The first-order valence-electron chi connectivity index (χ1n) is 12.7. The van der Waals surface area contributed by atoms with Crippen molar-refractivity contribution in [1.29, 1.82) is 0 Å². The van der Waals surface area contributed by atoms with Crippen molar-refractivity contribution in [3.05, 3.63) is 95.1 Å². The predicted octanol–water partition coefficient (Wildman–Crippen LogP) is 5.23. The molecule has 3 atom stereocenters. The van der Waals surface area contributed by atoms with Gasteiger partial charge in [-0.1, -0.05) is 61.0 Å². The van der Waals surface area contributed by atoms with Crippen molar-refractivity contribution in [2.45, 2.75) is 51.9 Å². The number of benzene rings is 3. The average molecular weight is 516 g/mol. The van der Waals surface area contributed by atoms with E-state index < -0.39 is 18.2 Å². The molecule has 0 aromatic heterocycles. The van der Waals surface area contributed by atoms with Gasteiger partial charge in [-0.15, -0.1) is 0 Å². The number of amides is 3. The lowest BCUT2D eigenvalue weighted by molar-refractivity contribution is -0.127. The van der Waals surface area contributed by atoms with Gasteiger partial charge in [0.2, 0.25) is 5.91 Å². The smallest absolute Gasteiger partial charge is 0.411 e. The lowest BCUT2D eigenvalue weighted by atomic mass is 9.99. The van der Waals surface area contributed by atoms with Gasteiger partial charge in [0.25, 0.3) is 5.91 Å². The second-order valence-electron chi connectivity index (χ2n) is 9.46. The van der Waals surface area contributed by atoms with Crippen molar-refractivity contribution in [3.63, 3.8) is 0 Å². The molecule has 3 amide bonds. The molecule has 198 valence electrons. The molecule has 1 saturated heterocycles. The highest BCUT2D eigenvalue weighted by Crippen LogP contribution is 2.35. The SMILES string of the molecule is CCC(C)NC(=O)C1C(c2cccc(NC(=O)c3ccccc3OC)c2)OC(=O)N1Cc1ccc(C)cc1. The number of carbonyl (C=O) groups excluding carboxylic acids is 3. The molecule has 8 heteroatoms. The summed E-state index contributed by atoms with van der Waals surface area (Å²) < 4.78 is 11.1. The van der Waals surface area contributed by atoms with Crippen LogP contribution in [0.1, 0.15) is 53.4 Å². The molecule has 0 bridgehead atoms. The first kappa shape index (κ1) is 26.7. The molecule has 1 heterocycles. The van der Waals surface area contributed by atoms with Crippen LogP contribution in [0, 0.1) is 6.92 Å². The van der Waals surface area contributed by atoms with Gasteiger partial charge < -0.3 is 20.1 Å². The summed E-state index contributed by atoms with van der Waals surface area (Å²) in [7, 11) is 1.51. The van der Waals surface area contributed by atoms with E-state index in [2.05, 4.69) is 10.6 Å². The Bertz CT molecular complexity index is 1310. The summed E-state index contributed by atoms with van der Waals surface area (Å²) in [5.74, 6) is -0.166. The van der Waals surface area contributed by atoms with Crippen LogP contribution in [0.5, 0.6) is 5.75 Å². The molecule has 4 rings (SSSR count). The fourth-order valence-electron chi connectivity index (χ4n) is 4.35. The van der Waals surface area contributed by atoms with Crippen LogP contribution in [0.3, 0.4) is 0 Å². The van der Waals surface area contributed by atoms with Gasteiger partial charge in [-0.3, -0.25) is 14.5 Å². The third kappa shape index (κ3) is 5.96. The minimum absolute atomic E-state index is 0.0634. The molecule has 3 unspecified atom stereocenters. The summed E-state index contributed by atoms with van der Waals surface area (Å²) in [6.45, 7) is 6.13. The van der Waals surface area contributed by atoms with Gasteiger partial charge in [0, 0.05) is 11.7 Å². The first-order chi connectivity index (χ1) is 18.3. The molecule has 1 aliphatic heterocycles. The fourth-order valence-corrected chi connectivity index (χ4v) is 4.35. The van der Waals surface area contributed by atoms with Crippen LogP contribution >= 0.6 is 0 Å². The number of methoxy groups -OCH3 is 1. The van der Waals surface area contributed by atoms with Gasteiger partial charge in [0.05, 0.1) is 19.2 Å². The average Bonchev–Trinajstić information content (AvgIpc) is 3.25. The van der Waals surface area contributed by atoms with Crippen LogP contribution in [-0.4, -0.2) is 42.0 Å². The third-order valence-corrected chi connectivity index (χ3v) is 6.65. The molecule has 3 aromatic rings. The van der Waals surface area contributed by atoms with Crippen LogP contribution in [-0.2, 0) is 16.1 Å². The van der Waals surface area contributed by atoms with E-state index in [1.807, 2.05) is 45.0 Å². The molecule has 1 aliphatic rings. The standard InChI is InChI=1S/C30H33N3O5/c1-5-20(3)31-29(35)26-27(38-30(36)33(26)18-21-15-13-19(2)14-16-21)22-9-8-10-23(17-22)32-28(34)24-11-6-7-12-25(24)37-4/h6-17,20,26-27H,5,18H2,1-4H3,(H,31,35)(H,32,34). The lowest BCUT2D eigenvalue weighted by Gasteiger charge is -2.26. The third-order valence-electron chi connectivity index (χ3n) is 6.65. The maximum atomic E-state index is 13.4. The fraction of sp³-hybridized carbons (Fsp3) is 0.300. The zero-order valence-corrected chi connectivity index (χ0v) is 22.1. The number of para-hydroxylation sites is 1. The van der Waals surface area contributed by atoms with E-state index in [-0.39, 0.29) is 24.4 Å². The number of carbonyl (C=O) groups is 3. The minimum atomic E-state index is -0.877. The molecule has 0 spiro atoms. The zero-order valence-electron chi connectivity index (χ0n) is 22.1. The van der Waals surface area contributed by atoms with Gasteiger partial charge in [0.15, 0.2) is 12.1 Å². The van der Waals surface area contributed by atoms with Gasteiger partial charge in [0.1, 0.15) is 5.75 Å². The summed E-state index contributed by atoms with van der Waals surface area (Å²) in [4.78, 5) is 40.9. The van der Waals surface area contributed by atoms with Crippen molar-refractivity contribution in [1.82, 2.24) is 10.2 Å². The Morgan fingerprint density at radius 2 is 1.79 bits per heavy atom. The summed E-state index contributed by atoms with van der Waals surface area (Å²) in [6, 6.07) is 20.8. The predicted molar refractivity (Wildman–Crippen MR) is 145 cm³/mol. The highest BCUT2D eigenvalue weighted by atomic mass is 16.6. The van der Waals surface area contributed by atoms with Crippen LogP contribution in [0.15, 0.2) is 72.8 Å². The van der Waals surface area contributed by atoms with Gasteiger partial charge in [-0.2, -0.15) is 0 Å². The number of nitrogens with one attached hydrogen (secondary N) is 2. The molecule has 38 heavy (non-hydrogen) atoms. The first-order valence-corrected chi connectivity index (χ1v) is 12.7. The molecular weight excluding hydrogens is 482 g/mol. The summed E-state index contributed by atoms with van der Waals surface area (Å²) in [5.41, 5.74) is 3.50. The Balaban J connectivity index is 1.62. The Kier molecular flexibility index (Phi) is 8.31. The number of cyclic esters (lactones) is 1. The minimum Gasteiger partial charge on any atom is -0.496 e. The molecule has 0 saturated carbocycles. The monoisotopic (exact) mass is 515 g/mol. The highest BCUT2D eigenvalue weighted by molar-refractivity contribution is 6.06. The molecule has 3 aromatic carbocycles. The molecular formula is C30H33N3O5. The Hall–Kier alpha value is -4.33. The van der Waals surface area contributed by atoms with E-state index in [1.165, 1.54) is 12.0 Å². The zero-order chi connectivity index (χ0) is 27.2. The van der Waals surface area contributed by atoms with E-state index >= 15 is 0 Å². The van der Waals surface area contributed by atoms with Crippen molar-refractivity contribution < 1.29 is 23.9 Å². The normalized spacial score (nSPS) is 17.5. The summed E-state index contributed by atoms with van der Waals surface area (Å²) in [6.07, 6.45) is -0.663. The lowest BCUT2D eigenvalue weighted by Crippen LogP contribution is -2.48. The van der Waals surface area contributed by atoms with Crippen LogP contribution in [0.2, 0.25) is 0 Å². The number of nitrogens with zero attached hydrogens (tertiary/aromatic N) is 1. The van der Waals surface area contributed by atoms with E-state index in [0.29, 0.717) is 22.6 Å². The summed E-state index contributed by atoms with van der Waals surface area (Å²) >= 11 is 0. The van der Waals surface area contributed by atoms with Gasteiger partial charge >= 0.3 is 6.09 Å². The van der Waals surface area contributed by atoms with Crippen LogP contribution < -0.4 is 15.4 Å². The van der Waals surface area contributed by atoms with E-state index in [4.69, 9.17) is 9.47 Å². The molecule has 1 fully saturated rings. The topological polar surface area (TPSA) is 97.0 Å². The molecule has 0 radical (unpaired) electrons. The largest absolute Gasteiger partial charge is 0.496 e. The number of aryl methyl sites for hydroxylation is 1. The molecule has 8 nitrogen and oxygen atoms in total. The van der Waals surface area contributed by atoms with Gasteiger partial charge in [-0.05, 0) is 55.7 Å². The van der Waals surface area contributed by atoms with Crippen molar-refractivity contribution >= 4 is 23.6 Å². The Morgan fingerprint density at radius 3 is 2.50 bits per heavy atom. The maximum absolute atomic E-state index is 13.4. The second-order valence-corrected chi connectivity index (χ2v) is 9.46. The van der Waals surface area contributed by atoms with Crippen LogP contribution in [0.25, 0.3) is 0 Å². The van der Waals surface area contributed by atoms with Crippen molar-refractivity contribution in [2.24, 2.45) is 0 Å². The van der Waals surface area contributed by atoms with E-state index in [9.17, 15) is 14.4 Å². The van der Waals surface area contributed by atoms with Gasteiger partial charge in [-0.25, -0.2) is 4.79 Å². The number of hydrogen-bond acceptors (Lipinski definition) is 5. The van der Waals surface area contributed by atoms with E-state index in [1.54, 1.807) is 48.5 Å². The van der Waals surface area contributed by atoms with Crippen molar-refractivity contribution in [2.75, 3.05) is 12.4 Å². The molecule has 0 aliphatic carbocycles. The highest BCUT2D eigenvalue weighted by Gasteiger charge is 2.47. The van der Waals surface area contributed by atoms with Crippen LogP contribution in [0.4, 0.5) is 10.5 Å². The number of rotatable bonds is 9. The Morgan fingerprint density at radius 1 is 1.05 bits per heavy atom. The van der Waals surface area contributed by atoms with E-state index in [0.717, 1.165) is 17.5 Å². The summed E-state index contributed by atoms with van der Waals surface area (Å²) in [5, 5.41) is 5.88. The molecule has 2 N–H and O–H groups in total. The number of ether oxygens (including phenoxy) is 2. The quantitative estimate of drug-likeness (QED) is 0.407. The van der Waals surface area contributed by atoms with Crippen molar-refractivity contribution in [3.8, 4) is 5.75 Å². The number of hydrogen-bond donors (Lipinski definition) is 2. The second kappa shape index (κ2) is 11.8. The maximum Gasteiger partial charge on any atom is 0.411 e.